The number of imide groups is 1. The van der Waals surface area contributed by atoms with Gasteiger partial charge >= 0.3 is 23.8 Å². The number of nitrogens with zero attached hydrogens (tertiary/aromatic N) is 3. The van der Waals surface area contributed by atoms with Crippen molar-refractivity contribution in [3.8, 4) is 0 Å². The molecule has 3 heterocycles. The molecule has 1 aromatic carbocycles. The van der Waals surface area contributed by atoms with Crippen molar-refractivity contribution < 1.29 is 33.9 Å². The van der Waals surface area contributed by atoms with Gasteiger partial charge in [0.2, 0.25) is 17.5 Å². The zero-order chi connectivity index (χ0) is 26.4. The fourth-order valence-electron chi connectivity index (χ4n) is 4.79. The Labute approximate surface area is 211 Å². The molecule has 0 aliphatic carbocycles. The Morgan fingerprint density at radius 3 is 2.36 bits per heavy atom. The Morgan fingerprint density at radius 2 is 1.78 bits per heavy atom. The first-order valence-corrected chi connectivity index (χ1v) is 12.3. The molecule has 6 amide bonds. The number of piperazine rings is 1. The Balaban J connectivity index is 1.63. The Morgan fingerprint density at radius 1 is 1.11 bits per heavy atom. The number of fused-ring (bicyclic) bond motifs is 1. The Bertz CT molecular complexity index is 1140. The first-order valence-electron chi connectivity index (χ1n) is 11.5. The number of urea groups is 1. The zero-order valence-electron chi connectivity index (χ0n) is 20.0. The number of carbonyl (C=O) groups excluding carboxylic acids is 5. The van der Waals surface area contributed by atoms with Gasteiger partial charge in [0, 0.05) is 19.6 Å². The largest absolute Gasteiger partial charge is 0.478 e. The van der Waals surface area contributed by atoms with Crippen LogP contribution in [0.25, 0.3) is 0 Å². The van der Waals surface area contributed by atoms with Crippen molar-refractivity contribution in [2.45, 2.75) is 49.0 Å². The number of benzene rings is 1. The highest BCUT2D eigenvalue weighted by atomic mass is 32.2. The number of nitrogens with one attached hydrogen (secondary N) is 2. The van der Waals surface area contributed by atoms with Crippen LogP contribution in [-0.2, 0) is 24.0 Å². The van der Waals surface area contributed by atoms with Crippen molar-refractivity contribution in [1.29, 1.82) is 0 Å². The van der Waals surface area contributed by atoms with Crippen LogP contribution in [0.2, 0.25) is 0 Å². The van der Waals surface area contributed by atoms with Gasteiger partial charge in [0.1, 0.15) is 6.04 Å². The Hall–Kier alpha value is -3.61. The second-order valence-electron chi connectivity index (χ2n) is 9.19. The second kappa shape index (κ2) is 9.12. The average molecular weight is 518 g/mol. The molecule has 0 spiro atoms. The third-order valence-electron chi connectivity index (χ3n) is 6.78. The summed E-state index contributed by atoms with van der Waals surface area (Å²) in [6.07, 6.45) is 0.164. The molecule has 192 valence electrons. The molecule has 0 radical (unpaired) electrons. The van der Waals surface area contributed by atoms with Gasteiger partial charge in [-0.2, -0.15) is 0 Å². The lowest BCUT2D eigenvalue weighted by Crippen LogP contribution is -2.75. The van der Waals surface area contributed by atoms with Crippen molar-refractivity contribution in [3.05, 3.63) is 35.9 Å². The Kier molecular flexibility index (Phi) is 6.45. The third-order valence-corrected chi connectivity index (χ3v) is 8.32. The minimum atomic E-state index is -2.05. The summed E-state index contributed by atoms with van der Waals surface area (Å²) in [5.74, 6) is -4.52. The number of carboxylic acids is 1. The van der Waals surface area contributed by atoms with E-state index < -0.39 is 57.5 Å². The summed E-state index contributed by atoms with van der Waals surface area (Å²) in [5, 5.41) is 14.9. The van der Waals surface area contributed by atoms with E-state index in [9.17, 15) is 33.9 Å². The van der Waals surface area contributed by atoms with E-state index in [1.165, 1.54) is 16.7 Å². The first kappa shape index (κ1) is 25.5. The van der Waals surface area contributed by atoms with Crippen LogP contribution in [0.4, 0.5) is 4.79 Å². The van der Waals surface area contributed by atoms with Crippen LogP contribution < -0.4 is 10.6 Å². The van der Waals surface area contributed by atoms with E-state index in [-0.39, 0.29) is 19.5 Å². The lowest BCUT2D eigenvalue weighted by atomic mass is 9.89. The molecule has 3 aliphatic heterocycles. The second-order valence-corrected chi connectivity index (χ2v) is 11.0. The van der Waals surface area contributed by atoms with E-state index in [1.54, 1.807) is 51.1 Å². The topological polar surface area (TPSA) is 156 Å². The van der Waals surface area contributed by atoms with E-state index in [0.29, 0.717) is 12.1 Å². The number of likely N-dealkylation sites (N-methyl/N-ethyl adjacent to an activating group) is 1. The van der Waals surface area contributed by atoms with Crippen molar-refractivity contribution in [3.63, 3.8) is 0 Å². The number of rotatable bonds is 6. The van der Waals surface area contributed by atoms with E-state index in [2.05, 4.69) is 10.6 Å². The van der Waals surface area contributed by atoms with Gasteiger partial charge in [-0.3, -0.25) is 29.0 Å². The van der Waals surface area contributed by atoms with Crippen LogP contribution in [-0.4, -0.2) is 90.9 Å². The predicted molar refractivity (Wildman–Crippen MR) is 127 cm³/mol. The van der Waals surface area contributed by atoms with Gasteiger partial charge in [-0.15, -0.1) is 11.8 Å². The maximum absolute atomic E-state index is 13.6. The molecule has 0 saturated carbocycles. The number of aliphatic carboxylic acids is 1. The molecule has 0 aromatic heterocycles. The summed E-state index contributed by atoms with van der Waals surface area (Å²) >= 11 is 1.27. The lowest BCUT2D eigenvalue weighted by molar-refractivity contribution is -0.173. The molecule has 4 rings (SSSR count). The van der Waals surface area contributed by atoms with Crippen LogP contribution in [0, 0.1) is 0 Å². The molecule has 1 aromatic rings. The smallest absolute Gasteiger partial charge is 0.352 e. The van der Waals surface area contributed by atoms with E-state index in [4.69, 9.17) is 0 Å². The molecule has 0 bridgehead atoms. The van der Waals surface area contributed by atoms with Crippen molar-refractivity contribution >= 4 is 47.4 Å². The molecule has 3 saturated heterocycles. The molecule has 3 N–H and O–H groups in total. The van der Waals surface area contributed by atoms with Gasteiger partial charge in [0.05, 0.1) is 16.5 Å². The number of carbonyl (C=O) groups is 6. The summed E-state index contributed by atoms with van der Waals surface area (Å²) in [7, 11) is 0. The molecular weight excluding hydrogens is 490 g/mol. The number of hydrogen-bond donors (Lipinski definition) is 3. The van der Waals surface area contributed by atoms with Gasteiger partial charge in [-0.25, -0.2) is 9.59 Å². The summed E-state index contributed by atoms with van der Waals surface area (Å²) in [4.78, 5) is 79.6. The first-order chi connectivity index (χ1) is 16.9. The quantitative estimate of drug-likeness (QED) is 0.355. The minimum absolute atomic E-state index is 0.0555. The number of carboxylic acid groups (broad SMARTS) is 1. The fraction of sp³-hybridized carbons (Fsp3) is 0.478. The van der Waals surface area contributed by atoms with Gasteiger partial charge in [-0.1, -0.05) is 30.3 Å². The highest BCUT2D eigenvalue weighted by Crippen LogP contribution is 2.55. The van der Waals surface area contributed by atoms with Crippen LogP contribution in [0.1, 0.15) is 38.8 Å². The number of hydrogen-bond acceptors (Lipinski definition) is 7. The lowest BCUT2D eigenvalue weighted by Gasteiger charge is -2.46. The van der Waals surface area contributed by atoms with Crippen LogP contribution in [0.5, 0.6) is 0 Å². The van der Waals surface area contributed by atoms with Gasteiger partial charge in [0.15, 0.2) is 0 Å². The average Bonchev–Trinajstić information content (AvgIpc) is 3.01. The zero-order valence-corrected chi connectivity index (χ0v) is 20.8. The maximum Gasteiger partial charge on any atom is 0.352 e. The van der Waals surface area contributed by atoms with Crippen LogP contribution in [0.3, 0.4) is 0 Å². The summed E-state index contributed by atoms with van der Waals surface area (Å²) in [6.45, 7) is 5.39. The van der Waals surface area contributed by atoms with Gasteiger partial charge in [0.25, 0.3) is 0 Å². The fourth-order valence-corrected chi connectivity index (χ4v) is 6.49. The SMILES string of the molecule is CCN1CCN(C(=O)NC(C(=O)NC2(C(=O)O)N3C(=O)CC3SC2(C)C)c2ccccc2)C(=O)C1=O. The van der Waals surface area contributed by atoms with E-state index in [0.717, 1.165) is 9.80 Å². The maximum atomic E-state index is 13.6. The standard InChI is InChI=1S/C23H27N5O7S/c1-4-26-10-11-27(19(32)18(26)31)21(35)24-16(13-8-6-5-7-9-13)17(30)25-23(20(33)34)22(2,3)36-15-12-14(29)28(15)23/h5-9,15-16H,4,10-12H2,1-3H3,(H,24,35)(H,25,30)(H,33,34). The molecule has 12 nitrogen and oxygen atoms in total. The van der Waals surface area contributed by atoms with Crippen molar-refractivity contribution in [2.75, 3.05) is 19.6 Å². The van der Waals surface area contributed by atoms with Gasteiger partial charge < -0.3 is 20.6 Å². The summed E-state index contributed by atoms with van der Waals surface area (Å²) in [6, 6.07) is 5.72. The normalized spacial score (nSPS) is 25.7. The molecule has 3 fully saturated rings. The highest BCUT2D eigenvalue weighted by molar-refractivity contribution is 8.01. The third kappa shape index (κ3) is 3.87. The van der Waals surface area contributed by atoms with Crippen LogP contribution in [0.15, 0.2) is 30.3 Å². The number of amides is 6. The summed E-state index contributed by atoms with van der Waals surface area (Å²) in [5.41, 5.74) is -1.73. The summed E-state index contributed by atoms with van der Waals surface area (Å²) < 4.78 is -1.09. The number of thioether (sulfide) groups is 1. The van der Waals surface area contributed by atoms with E-state index in [1.807, 2.05) is 0 Å². The van der Waals surface area contributed by atoms with Crippen molar-refractivity contribution in [1.82, 2.24) is 25.3 Å². The number of β-lactam (4-membered cyclic amide) rings is 1. The molecule has 3 unspecified atom stereocenters. The molecule has 3 atom stereocenters. The van der Waals surface area contributed by atoms with Crippen molar-refractivity contribution in [2.24, 2.45) is 0 Å². The molecule has 3 aliphatic rings. The molecule has 36 heavy (non-hydrogen) atoms. The highest BCUT2D eigenvalue weighted by Gasteiger charge is 2.70. The van der Waals surface area contributed by atoms with Gasteiger partial charge in [-0.05, 0) is 26.3 Å². The monoisotopic (exact) mass is 517 g/mol. The minimum Gasteiger partial charge on any atom is -0.478 e. The molecule has 13 heteroatoms. The molecular formula is C23H27N5O7S. The van der Waals surface area contributed by atoms with Crippen LogP contribution >= 0.6 is 11.8 Å². The van der Waals surface area contributed by atoms with E-state index >= 15 is 0 Å². The predicted octanol–water partition coefficient (Wildman–Crippen LogP) is 0.109.